The predicted molar refractivity (Wildman–Crippen MR) is 95.1 cm³/mol. The second-order valence-electron chi connectivity index (χ2n) is 7.48. The Morgan fingerprint density at radius 2 is 1.71 bits per heavy atom. The van der Waals surface area contributed by atoms with Crippen molar-refractivity contribution >= 4 is 11.9 Å². The molecular weight excluding hydrogens is 374 g/mol. The molecule has 0 aliphatic carbocycles. The summed E-state index contributed by atoms with van der Waals surface area (Å²) in [5.41, 5.74) is 0. The maximum Gasteiger partial charge on any atom is 0.335 e. The molecule has 10 nitrogen and oxygen atoms in total. The van der Waals surface area contributed by atoms with Crippen LogP contribution in [0.15, 0.2) is 0 Å². The van der Waals surface area contributed by atoms with Crippen LogP contribution in [0.4, 0.5) is 0 Å². The van der Waals surface area contributed by atoms with E-state index in [-0.39, 0.29) is 5.91 Å². The monoisotopic (exact) mass is 405 g/mol. The topological polar surface area (TPSA) is 144 Å². The molecule has 0 radical (unpaired) electrons. The third-order valence-electron chi connectivity index (χ3n) is 5.51. The number of hydrogen-bond donors (Lipinski definition) is 4. The van der Waals surface area contributed by atoms with Crippen molar-refractivity contribution in [3.05, 3.63) is 0 Å². The van der Waals surface area contributed by atoms with E-state index in [0.29, 0.717) is 6.42 Å². The average Bonchev–Trinajstić information content (AvgIpc) is 2.64. The standard InChI is InChI=1S/C18H31NO9/c1-6-10-12(21)7(2)11(19-9(4)20)18(26-10)27-14-13(22)8(3)17(25-5)28-15(14)16(23)24/h7-8,10-15,17-18,21-22H,6H2,1-5H3,(H,19,20)(H,23,24)/t7-,8?,10?,11?,12-,13-,14-,15?,17-,18+/m1/s1. The molecule has 0 bridgehead atoms. The highest BCUT2D eigenvalue weighted by Gasteiger charge is 2.51. The van der Waals surface area contributed by atoms with Crippen molar-refractivity contribution in [3.8, 4) is 0 Å². The zero-order valence-electron chi connectivity index (χ0n) is 16.8. The van der Waals surface area contributed by atoms with E-state index in [1.54, 1.807) is 13.8 Å². The largest absolute Gasteiger partial charge is 0.479 e. The zero-order chi connectivity index (χ0) is 21.2. The van der Waals surface area contributed by atoms with Gasteiger partial charge in [0.1, 0.15) is 6.10 Å². The van der Waals surface area contributed by atoms with Gasteiger partial charge in [-0.2, -0.15) is 0 Å². The normalized spacial score (nSPS) is 44.1. The van der Waals surface area contributed by atoms with Gasteiger partial charge in [0, 0.05) is 25.9 Å². The van der Waals surface area contributed by atoms with Gasteiger partial charge in [-0.3, -0.25) is 4.79 Å². The van der Waals surface area contributed by atoms with Gasteiger partial charge in [-0.05, 0) is 6.42 Å². The number of methoxy groups -OCH3 is 1. The Bertz CT molecular complexity index is 559. The number of hydrogen-bond acceptors (Lipinski definition) is 8. The van der Waals surface area contributed by atoms with Crippen LogP contribution in [-0.4, -0.2) is 83.4 Å². The van der Waals surface area contributed by atoms with Crippen molar-refractivity contribution in [2.45, 2.75) is 83.3 Å². The Morgan fingerprint density at radius 3 is 2.21 bits per heavy atom. The van der Waals surface area contributed by atoms with Gasteiger partial charge in [-0.1, -0.05) is 20.8 Å². The molecule has 2 fully saturated rings. The van der Waals surface area contributed by atoms with Crippen molar-refractivity contribution < 1.29 is 43.9 Å². The zero-order valence-corrected chi connectivity index (χ0v) is 16.8. The minimum absolute atomic E-state index is 0.348. The number of carbonyl (C=O) groups excluding carboxylic acids is 1. The summed E-state index contributed by atoms with van der Waals surface area (Å²) in [6, 6.07) is -0.729. The fraction of sp³-hybridized carbons (Fsp3) is 0.889. The van der Waals surface area contributed by atoms with Crippen LogP contribution in [-0.2, 0) is 28.5 Å². The van der Waals surface area contributed by atoms with Gasteiger partial charge in [0.05, 0.1) is 24.4 Å². The van der Waals surface area contributed by atoms with Crippen molar-refractivity contribution in [3.63, 3.8) is 0 Å². The molecular formula is C18H31NO9. The summed E-state index contributed by atoms with van der Waals surface area (Å²) in [4.78, 5) is 23.3. The first kappa shape index (κ1) is 23.0. The van der Waals surface area contributed by atoms with Crippen LogP contribution in [0.1, 0.15) is 34.1 Å². The summed E-state index contributed by atoms with van der Waals surface area (Å²) in [5, 5.41) is 33.3. The first-order valence-corrected chi connectivity index (χ1v) is 9.47. The molecule has 162 valence electrons. The van der Waals surface area contributed by atoms with Gasteiger partial charge in [-0.25, -0.2) is 4.79 Å². The van der Waals surface area contributed by atoms with Crippen molar-refractivity contribution in [2.24, 2.45) is 11.8 Å². The quantitative estimate of drug-likeness (QED) is 0.458. The lowest BCUT2D eigenvalue weighted by Crippen LogP contribution is -2.64. The van der Waals surface area contributed by atoms with Crippen molar-refractivity contribution in [2.75, 3.05) is 7.11 Å². The number of carboxylic acids is 1. The molecule has 28 heavy (non-hydrogen) atoms. The molecule has 2 saturated heterocycles. The molecule has 10 atom stereocenters. The van der Waals surface area contributed by atoms with E-state index in [0.717, 1.165) is 0 Å². The number of aliphatic hydroxyl groups is 2. The number of nitrogens with one attached hydrogen (secondary N) is 1. The van der Waals surface area contributed by atoms with E-state index in [2.05, 4.69) is 5.32 Å². The molecule has 2 rings (SSSR count). The number of carbonyl (C=O) groups is 2. The Labute approximate surface area is 164 Å². The van der Waals surface area contributed by atoms with Crippen LogP contribution in [0.3, 0.4) is 0 Å². The predicted octanol–water partition coefficient (Wildman–Crippen LogP) is -0.539. The number of ether oxygens (including phenoxy) is 4. The summed E-state index contributed by atoms with van der Waals surface area (Å²) >= 11 is 0. The molecule has 0 saturated carbocycles. The number of aliphatic hydroxyl groups excluding tert-OH is 2. The lowest BCUT2D eigenvalue weighted by atomic mass is 9.87. The smallest absolute Gasteiger partial charge is 0.335 e. The Hall–Kier alpha value is -1.30. The second kappa shape index (κ2) is 9.47. The van der Waals surface area contributed by atoms with E-state index >= 15 is 0 Å². The van der Waals surface area contributed by atoms with Gasteiger partial charge in [0.25, 0.3) is 0 Å². The highest BCUT2D eigenvalue weighted by atomic mass is 16.7. The van der Waals surface area contributed by atoms with Crippen LogP contribution in [0.5, 0.6) is 0 Å². The van der Waals surface area contributed by atoms with E-state index < -0.39 is 66.9 Å². The number of carboxylic acid groups (broad SMARTS) is 1. The Kier molecular flexibility index (Phi) is 7.77. The first-order valence-electron chi connectivity index (χ1n) is 9.47. The molecule has 10 heteroatoms. The third-order valence-corrected chi connectivity index (χ3v) is 5.51. The van der Waals surface area contributed by atoms with Gasteiger partial charge in [-0.15, -0.1) is 0 Å². The van der Waals surface area contributed by atoms with Crippen LogP contribution < -0.4 is 5.32 Å². The van der Waals surface area contributed by atoms with Crippen LogP contribution in [0, 0.1) is 11.8 Å². The highest BCUT2D eigenvalue weighted by Crippen LogP contribution is 2.34. The highest BCUT2D eigenvalue weighted by molar-refractivity contribution is 5.74. The molecule has 0 aromatic carbocycles. The minimum atomic E-state index is -1.49. The lowest BCUT2D eigenvalue weighted by molar-refractivity contribution is -0.324. The summed E-state index contributed by atoms with van der Waals surface area (Å²) in [7, 11) is 1.36. The molecule has 2 heterocycles. The third kappa shape index (κ3) is 4.64. The Balaban J connectivity index is 2.28. The fourth-order valence-corrected chi connectivity index (χ4v) is 3.79. The average molecular weight is 405 g/mol. The maximum absolute atomic E-state index is 11.7. The van der Waals surface area contributed by atoms with Crippen LogP contribution >= 0.6 is 0 Å². The Morgan fingerprint density at radius 1 is 1.07 bits per heavy atom. The molecule has 0 aromatic rings. The molecule has 4 unspecified atom stereocenters. The maximum atomic E-state index is 11.7. The van der Waals surface area contributed by atoms with E-state index in [1.165, 1.54) is 14.0 Å². The summed E-state index contributed by atoms with van der Waals surface area (Å²) in [6.45, 7) is 6.56. The SMILES string of the molecule is CCC1O[C@@H](O[C@H]2C(C(=O)O)O[C@@H](OC)C(C)[C@H]2O)C(NC(C)=O)[C@@H](C)[C@H]1O. The first-order chi connectivity index (χ1) is 13.1. The van der Waals surface area contributed by atoms with E-state index in [1.807, 2.05) is 6.92 Å². The summed E-state index contributed by atoms with van der Waals surface area (Å²) < 4.78 is 22.3. The lowest BCUT2D eigenvalue weighted by Gasteiger charge is -2.47. The number of rotatable bonds is 6. The van der Waals surface area contributed by atoms with Crippen LogP contribution in [0.25, 0.3) is 0 Å². The molecule has 2 aliphatic rings. The summed E-state index contributed by atoms with van der Waals surface area (Å²) in [6.07, 6.45) is -6.81. The minimum Gasteiger partial charge on any atom is -0.479 e. The second-order valence-corrected chi connectivity index (χ2v) is 7.48. The van der Waals surface area contributed by atoms with Gasteiger partial charge < -0.3 is 39.6 Å². The molecule has 0 spiro atoms. The van der Waals surface area contributed by atoms with Crippen molar-refractivity contribution in [1.82, 2.24) is 5.32 Å². The number of aliphatic carboxylic acids is 1. The van der Waals surface area contributed by atoms with Gasteiger partial charge in [0.2, 0.25) is 5.91 Å². The molecule has 4 N–H and O–H groups in total. The van der Waals surface area contributed by atoms with E-state index in [4.69, 9.17) is 18.9 Å². The molecule has 1 amide bonds. The van der Waals surface area contributed by atoms with E-state index in [9.17, 15) is 24.9 Å². The van der Waals surface area contributed by atoms with Crippen LogP contribution in [0.2, 0.25) is 0 Å². The molecule has 2 aliphatic heterocycles. The van der Waals surface area contributed by atoms with Gasteiger partial charge >= 0.3 is 5.97 Å². The molecule has 0 aromatic heterocycles. The fourth-order valence-electron chi connectivity index (χ4n) is 3.79. The summed E-state index contributed by atoms with van der Waals surface area (Å²) in [5.74, 6) is -2.63. The van der Waals surface area contributed by atoms with Gasteiger partial charge in [0.15, 0.2) is 18.7 Å². The number of amides is 1. The van der Waals surface area contributed by atoms with Crippen molar-refractivity contribution in [1.29, 1.82) is 0 Å².